The van der Waals surface area contributed by atoms with Gasteiger partial charge in [-0.05, 0) is 84.5 Å². The minimum Gasteiger partial charge on any atom is -0.295 e. The average Bonchev–Trinajstić information content (AvgIpc) is 3.37. The SMILES string of the molecule is CCCCC(=O)C1=C(c2ccc(C3=C(C(=O)CCCC)C4CCCC34)cc2)C2CCCC12. The van der Waals surface area contributed by atoms with Gasteiger partial charge >= 0.3 is 0 Å². The van der Waals surface area contributed by atoms with Crippen molar-refractivity contribution in [3.63, 3.8) is 0 Å². The van der Waals surface area contributed by atoms with Gasteiger partial charge in [0, 0.05) is 24.0 Å². The highest BCUT2D eigenvalue weighted by molar-refractivity contribution is 6.08. The van der Waals surface area contributed by atoms with Gasteiger partial charge in [-0.2, -0.15) is 0 Å². The molecule has 5 rings (SSSR count). The topological polar surface area (TPSA) is 34.1 Å². The van der Waals surface area contributed by atoms with Crippen molar-refractivity contribution in [2.45, 2.75) is 90.9 Å². The zero-order valence-electron chi connectivity index (χ0n) is 19.9. The molecule has 170 valence electrons. The van der Waals surface area contributed by atoms with E-state index in [0.717, 1.165) is 36.8 Å². The second-order valence-electron chi connectivity index (χ2n) is 10.6. The Morgan fingerprint density at radius 3 is 1.41 bits per heavy atom. The summed E-state index contributed by atoms with van der Waals surface area (Å²) in [6.45, 7) is 4.32. The Morgan fingerprint density at radius 1 is 0.656 bits per heavy atom. The quantitative estimate of drug-likeness (QED) is 0.383. The van der Waals surface area contributed by atoms with Crippen molar-refractivity contribution in [1.29, 1.82) is 0 Å². The molecule has 0 bridgehead atoms. The second-order valence-corrected chi connectivity index (χ2v) is 10.6. The van der Waals surface area contributed by atoms with Crippen LogP contribution in [0.2, 0.25) is 0 Å². The summed E-state index contributed by atoms with van der Waals surface area (Å²) < 4.78 is 0. The monoisotopic (exact) mass is 430 g/mol. The number of benzene rings is 1. The first-order chi connectivity index (χ1) is 15.7. The molecule has 2 saturated carbocycles. The van der Waals surface area contributed by atoms with E-state index in [0.29, 0.717) is 48.1 Å². The van der Waals surface area contributed by atoms with Crippen molar-refractivity contribution in [3.8, 4) is 0 Å². The largest absolute Gasteiger partial charge is 0.295 e. The summed E-state index contributed by atoms with van der Waals surface area (Å²) in [5.41, 5.74) is 7.50. The van der Waals surface area contributed by atoms with Gasteiger partial charge in [0.2, 0.25) is 0 Å². The van der Waals surface area contributed by atoms with Crippen molar-refractivity contribution in [2.24, 2.45) is 23.7 Å². The lowest BCUT2D eigenvalue weighted by atomic mass is 9.64. The lowest BCUT2D eigenvalue weighted by Crippen LogP contribution is -2.31. The van der Waals surface area contributed by atoms with Crippen LogP contribution in [-0.2, 0) is 9.59 Å². The van der Waals surface area contributed by atoms with E-state index in [2.05, 4.69) is 38.1 Å². The standard InChI is InChI=1S/C30H38O2/c1-3-5-13-25(31)29-23-11-7-9-21(23)27(29)19-15-17-20(18-16-19)28-22-10-8-12-24(22)30(28)26(32)14-6-4-2/h15-18,21-24H,3-14H2,1-2H3. The van der Waals surface area contributed by atoms with E-state index in [-0.39, 0.29) is 0 Å². The number of carbonyl (C=O) groups is 2. The molecule has 1 aromatic carbocycles. The maximum atomic E-state index is 13.0. The first-order valence-electron chi connectivity index (χ1n) is 13.3. The summed E-state index contributed by atoms with van der Waals surface area (Å²) in [6, 6.07) is 8.98. The first kappa shape index (κ1) is 21.9. The fraction of sp³-hybridized carbons (Fsp3) is 0.600. The number of allylic oxidation sites excluding steroid dienone is 4. The van der Waals surface area contributed by atoms with Gasteiger partial charge in [-0.1, -0.05) is 63.8 Å². The summed E-state index contributed by atoms with van der Waals surface area (Å²) >= 11 is 0. The molecule has 0 aliphatic heterocycles. The number of rotatable bonds is 10. The first-order valence-corrected chi connectivity index (χ1v) is 13.3. The number of Topliss-reactive ketones (excluding diaryl/α,β-unsaturated/α-hetero) is 2. The summed E-state index contributed by atoms with van der Waals surface area (Å²) in [6.07, 6.45) is 12.9. The average molecular weight is 431 g/mol. The minimum absolute atomic E-state index is 0.397. The highest BCUT2D eigenvalue weighted by atomic mass is 16.1. The lowest BCUT2D eigenvalue weighted by molar-refractivity contribution is -0.117. The molecule has 4 unspecified atom stereocenters. The zero-order valence-corrected chi connectivity index (χ0v) is 19.9. The van der Waals surface area contributed by atoms with Gasteiger partial charge < -0.3 is 0 Å². The zero-order chi connectivity index (χ0) is 22.2. The molecular formula is C30H38O2. The van der Waals surface area contributed by atoms with Gasteiger partial charge in [-0.15, -0.1) is 0 Å². The van der Waals surface area contributed by atoms with E-state index >= 15 is 0 Å². The van der Waals surface area contributed by atoms with Gasteiger partial charge in [-0.25, -0.2) is 0 Å². The van der Waals surface area contributed by atoms with Crippen LogP contribution in [0.5, 0.6) is 0 Å². The molecule has 0 heterocycles. The Hall–Kier alpha value is -1.96. The molecule has 2 nitrogen and oxygen atoms in total. The molecule has 0 radical (unpaired) electrons. The molecular weight excluding hydrogens is 392 g/mol. The molecule has 2 fully saturated rings. The molecule has 4 aliphatic rings. The Labute approximate surface area is 193 Å². The maximum absolute atomic E-state index is 13.0. The van der Waals surface area contributed by atoms with Crippen molar-refractivity contribution in [3.05, 3.63) is 46.5 Å². The molecule has 4 atom stereocenters. The van der Waals surface area contributed by atoms with Gasteiger partial charge in [0.25, 0.3) is 0 Å². The third-order valence-electron chi connectivity index (χ3n) is 8.72. The molecule has 1 aromatic rings. The van der Waals surface area contributed by atoms with Crippen LogP contribution in [0.3, 0.4) is 0 Å². The van der Waals surface area contributed by atoms with E-state index in [1.54, 1.807) is 0 Å². The Morgan fingerprint density at radius 2 is 1.03 bits per heavy atom. The van der Waals surface area contributed by atoms with Crippen molar-refractivity contribution >= 4 is 22.7 Å². The number of fused-ring (bicyclic) bond motifs is 2. The van der Waals surface area contributed by atoms with Crippen LogP contribution in [0.15, 0.2) is 35.4 Å². The molecule has 0 amide bonds. The van der Waals surface area contributed by atoms with Gasteiger partial charge in [0.15, 0.2) is 11.6 Å². The Kier molecular flexibility index (Phi) is 6.23. The van der Waals surface area contributed by atoms with E-state index in [4.69, 9.17) is 0 Å². The van der Waals surface area contributed by atoms with Crippen LogP contribution in [0.1, 0.15) is 102 Å². The number of hydrogen-bond acceptors (Lipinski definition) is 2. The van der Waals surface area contributed by atoms with Crippen molar-refractivity contribution < 1.29 is 9.59 Å². The lowest BCUT2D eigenvalue weighted by Gasteiger charge is -2.39. The third kappa shape index (κ3) is 3.55. The number of unbranched alkanes of at least 4 members (excludes halogenated alkanes) is 2. The van der Waals surface area contributed by atoms with Crippen LogP contribution in [-0.4, -0.2) is 11.6 Å². The van der Waals surface area contributed by atoms with E-state index in [1.165, 1.54) is 60.8 Å². The predicted molar refractivity (Wildman–Crippen MR) is 131 cm³/mol. The Bertz CT molecular complexity index is 882. The van der Waals surface area contributed by atoms with Gasteiger partial charge in [0.05, 0.1) is 0 Å². The van der Waals surface area contributed by atoms with Crippen LogP contribution in [0.4, 0.5) is 0 Å². The minimum atomic E-state index is 0.397. The summed E-state index contributed by atoms with van der Waals surface area (Å²) in [4.78, 5) is 25.9. The van der Waals surface area contributed by atoms with Crippen molar-refractivity contribution in [2.75, 3.05) is 0 Å². The van der Waals surface area contributed by atoms with Crippen molar-refractivity contribution in [1.82, 2.24) is 0 Å². The smallest absolute Gasteiger partial charge is 0.159 e. The van der Waals surface area contributed by atoms with E-state index < -0.39 is 0 Å². The fourth-order valence-corrected chi connectivity index (χ4v) is 7.14. The highest BCUT2D eigenvalue weighted by Crippen LogP contribution is 2.58. The number of ketones is 2. The second kappa shape index (κ2) is 9.12. The van der Waals surface area contributed by atoms with Crippen LogP contribution in [0, 0.1) is 23.7 Å². The molecule has 0 spiro atoms. The molecule has 0 N–H and O–H groups in total. The van der Waals surface area contributed by atoms with Crippen LogP contribution in [0.25, 0.3) is 11.1 Å². The van der Waals surface area contributed by atoms with Crippen LogP contribution >= 0.6 is 0 Å². The number of hydrogen-bond donors (Lipinski definition) is 0. The predicted octanol–water partition coefficient (Wildman–Crippen LogP) is 7.57. The van der Waals surface area contributed by atoms with Gasteiger partial charge in [0.1, 0.15) is 0 Å². The van der Waals surface area contributed by atoms with Crippen LogP contribution < -0.4 is 0 Å². The molecule has 4 aliphatic carbocycles. The summed E-state index contributed by atoms with van der Waals surface area (Å²) in [5.74, 6) is 3.02. The van der Waals surface area contributed by atoms with Gasteiger partial charge in [-0.3, -0.25) is 9.59 Å². The summed E-state index contributed by atoms with van der Waals surface area (Å²) in [5, 5.41) is 0. The van der Waals surface area contributed by atoms with E-state index in [1.807, 2.05) is 0 Å². The van der Waals surface area contributed by atoms with E-state index in [9.17, 15) is 9.59 Å². The Balaban J connectivity index is 1.43. The summed E-state index contributed by atoms with van der Waals surface area (Å²) in [7, 11) is 0. The third-order valence-corrected chi connectivity index (χ3v) is 8.72. The molecule has 0 aromatic heterocycles. The number of carbonyl (C=O) groups excluding carboxylic acids is 2. The highest BCUT2D eigenvalue weighted by Gasteiger charge is 2.47. The maximum Gasteiger partial charge on any atom is 0.159 e. The molecule has 2 heteroatoms. The normalized spacial score (nSPS) is 28.3. The molecule has 0 saturated heterocycles. The fourth-order valence-electron chi connectivity index (χ4n) is 7.14. The molecule has 32 heavy (non-hydrogen) atoms.